The molecule has 7 heteroatoms. The van der Waals surface area contributed by atoms with Gasteiger partial charge >= 0.3 is 0 Å². The number of nitro benzene ring substituents is 1. The minimum Gasteiger partial charge on any atom is -0.457 e. The van der Waals surface area contributed by atoms with E-state index < -0.39 is 10.5 Å². The number of benzene rings is 2. The van der Waals surface area contributed by atoms with E-state index in [4.69, 9.17) is 4.74 Å². The molecule has 0 fully saturated rings. The van der Waals surface area contributed by atoms with E-state index in [1.807, 2.05) is 0 Å². The first-order chi connectivity index (χ1) is 11.7. The molecule has 0 atom stereocenters. The summed E-state index contributed by atoms with van der Waals surface area (Å²) in [6.45, 7) is 5.36. The van der Waals surface area contributed by atoms with Crippen LogP contribution in [-0.4, -0.2) is 27.2 Å². The van der Waals surface area contributed by atoms with Crippen molar-refractivity contribution in [1.29, 1.82) is 0 Å². The van der Waals surface area contributed by atoms with Crippen molar-refractivity contribution in [1.82, 2.24) is 4.90 Å². The van der Waals surface area contributed by atoms with E-state index in [1.54, 1.807) is 32.9 Å². The Balaban J connectivity index is 1.93. The summed E-state index contributed by atoms with van der Waals surface area (Å²) in [4.78, 5) is 36.5. The monoisotopic (exact) mass is 340 g/mol. The lowest BCUT2D eigenvalue weighted by atomic mass is 10.1. The number of carbonyl (C=O) groups is 2. The lowest BCUT2D eigenvalue weighted by Gasteiger charge is -2.29. The Morgan fingerprint density at radius 1 is 0.960 bits per heavy atom. The van der Waals surface area contributed by atoms with Crippen molar-refractivity contribution >= 4 is 17.5 Å². The van der Waals surface area contributed by atoms with Crippen LogP contribution in [0.15, 0.2) is 42.5 Å². The number of rotatable bonds is 3. The molecule has 3 rings (SSSR count). The standard InChI is InChI=1S/C18H16N2O5/c1-18(2,3)19-16(21)14-8-7-13(10-15(14)17(19)22)25-12-6-4-5-11(9-12)20(23)24/h4-10H,1-3H3. The van der Waals surface area contributed by atoms with Crippen LogP contribution in [0.1, 0.15) is 41.5 Å². The van der Waals surface area contributed by atoms with E-state index in [1.165, 1.54) is 35.2 Å². The molecule has 7 nitrogen and oxygen atoms in total. The van der Waals surface area contributed by atoms with E-state index in [2.05, 4.69) is 0 Å². The fourth-order valence-electron chi connectivity index (χ4n) is 2.69. The zero-order valence-electron chi connectivity index (χ0n) is 14.0. The summed E-state index contributed by atoms with van der Waals surface area (Å²) in [5.41, 5.74) is -0.133. The van der Waals surface area contributed by atoms with E-state index in [0.717, 1.165) is 0 Å². The van der Waals surface area contributed by atoms with Gasteiger partial charge in [-0.25, -0.2) is 0 Å². The highest BCUT2D eigenvalue weighted by atomic mass is 16.6. The van der Waals surface area contributed by atoms with Gasteiger partial charge in [-0.05, 0) is 45.0 Å². The predicted molar refractivity (Wildman–Crippen MR) is 89.9 cm³/mol. The summed E-state index contributed by atoms with van der Waals surface area (Å²) in [6, 6.07) is 10.3. The average molecular weight is 340 g/mol. The molecule has 0 aromatic heterocycles. The molecular weight excluding hydrogens is 324 g/mol. The van der Waals surface area contributed by atoms with E-state index in [9.17, 15) is 19.7 Å². The van der Waals surface area contributed by atoms with Gasteiger partial charge in [-0.15, -0.1) is 0 Å². The van der Waals surface area contributed by atoms with Gasteiger partial charge < -0.3 is 4.74 Å². The molecule has 0 aliphatic carbocycles. The Hall–Kier alpha value is -3.22. The van der Waals surface area contributed by atoms with Crippen LogP contribution in [0.2, 0.25) is 0 Å². The van der Waals surface area contributed by atoms with Crippen molar-refractivity contribution < 1.29 is 19.2 Å². The third kappa shape index (κ3) is 2.96. The number of ether oxygens (including phenoxy) is 1. The molecule has 2 amide bonds. The Morgan fingerprint density at radius 3 is 2.24 bits per heavy atom. The highest BCUT2D eigenvalue weighted by Gasteiger charge is 2.42. The number of carbonyl (C=O) groups excluding carboxylic acids is 2. The summed E-state index contributed by atoms with van der Waals surface area (Å²) >= 11 is 0. The van der Waals surface area contributed by atoms with Crippen LogP contribution in [0.25, 0.3) is 0 Å². The maximum absolute atomic E-state index is 12.6. The summed E-state index contributed by atoms with van der Waals surface area (Å²) < 4.78 is 5.61. The summed E-state index contributed by atoms with van der Waals surface area (Å²) in [5.74, 6) is -0.110. The van der Waals surface area contributed by atoms with Crippen LogP contribution in [0.4, 0.5) is 5.69 Å². The number of hydrogen-bond acceptors (Lipinski definition) is 5. The molecule has 25 heavy (non-hydrogen) atoms. The first-order valence-corrected chi connectivity index (χ1v) is 7.64. The summed E-state index contributed by atoms with van der Waals surface area (Å²) in [7, 11) is 0. The lowest BCUT2D eigenvalue weighted by molar-refractivity contribution is -0.384. The fourth-order valence-corrected chi connectivity index (χ4v) is 2.69. The van der Waals surface area contributed by atoms with Crippen molar-refractivity contribution in [3.8, 4) is 11.5 Å². The first kappa shape index (κ1) is 16.6. The maximum Gasteiger partial charge on any atom is 0.273 e. The number of fused-ring (bicyclic) bond motifs is 1. The third-order valence-electron chi connectivity index (χ3n) is 3.79. The van der Waals surface area contributed by atoms with Crippen molar-refractivity contribution in [3.63, 3.8) is 0 Å². The SMILES string of the molecule is CC(C)(C)N1C(=O)c2ccc(Oc3cccc([N+](=O)[O-])c3)cc2C1=O. The van der Waals surface area contributed by atoms with Gasteiger partial charge in [0.05, 0.1) is 22.1 Å². The lowest BCUT2D eigenvalue weighted by Crippen LogP contribution is -2.45. The maximum atomic E-state index is 12.6. The van der Waals surface area contributed by atoms with Crippen LogP contribution in [-0.2, 0) is 0 Å². The molecule has 0 saturated heterocycles. The Kier molecular flexibility index (Phi) is 3.79. The molecule has 128 valence electrons. The van der Waals surface area contributed by atoms with Crippen LogP contribution < -0.4 is 4.74 Å². The van der Waals surface area contributed by atoms with Gasteiger partial charge in [-0.2, -0.15) is 0 Å². The second kappa shape index (κ2) is 5.70. The highest BCUT2D eigenvalue weighted by molar-refractivity contribution is 6.22. The second-order valence-corrected chi connectivity index (χ2v) is 6.68. The number of nitrogens with zero attached hydrogens (tertiary/aromatic N) is 2. The predicted octanol–water partition coefficient (Wildman–Crippen LogP) is 3.78. The number of amides is 2. The van der Waals surface area contributed by atoms with Crippen LogP contribution in [0.3, 0.4) is 0 Å². The molecule has 0 spiro atoms. The van der Waals surface area contributed by atoms with Crippen LogP contribution in [0.5, 0.6) is 11.5 Å². The van der Waals surface area contributed by atoms with Gasteiger partial charge in [-0.1, -0.05) is 6.07 Å². The number of hydrogen-bond donors (Lipinski definition) is 0. The van der Waals surface area contributed by atoms with Crippen LogP contribution >= 0.6 is 0 Å². The highest BCUT2D eigenvalue weighted by Crippen LogP contribution is 2.33. The van der Waals surface area contributed by atoms with E-state index in [0.29, 0.717) is 11.3 Å². The molecule has 1 heterocycles. The zero-order chi connectivity index (χ0) is 18.4. The summed E-state index contributed by atoms with van der Waals surface area (Å²) in [6.07, 6.45) is 0. The topological polar surface area (TPSA) is 89.8 Å². The molecular formula is C18H16N2O5. The van der Waals surface area contributed by atoms with Crippen molar-refractivity contribution in [2.75, 3.05) is 0 Å². The molecule has 1 aliphatic rings. The number of nitro groups is 1. The van der Waals surface area contributed by atoms with Gasteiger partial charge in [-0.3, -0.25) is 24.6 Å². The van der Waals surface area contributed by atoms with Crippen molar-refractivity contribution in [3.05, 3.63) is 63.7 Å². The normalized spacial score (nSPS) is 13.8. The Bertz CT molecular complexity index is 899. The minimum absolute atomic E-state index is 0.0937. The van der Waals surface area contributed by atoms with E-state index in [-0.39, 0.29) is 28.8 Å². The van der Waals surface area contributed by atoms with Gasteiger partial charge in [0.25, 0.3) is 17.5 Å². The third-order valence-corrected chi connectivity index (χ3v) is 3.79. The molecule has 1 aliphatic heterocycles. The first-order valence-electron chi connectivity index (χ1n) is 7.64. The largest absolute Gasteiger partial charge is 0.457 e. The molecule has 2 aromatic rings. The van der Waals surface area contributed by atoms with E-state index >= 15 is 0 Å². The minimum atomic E-state index is -0.631. The Labute approximate surface area is 144 Å². The molecule has 0 saturated carbocycles. The number of imide groups is 1. The van der Waals surface area contributed by atoms with Gasteiger partial charge in [0, 0.05) is 11.6 Å². The van der Waals surface area contributed by atoms with Gasteiger partial charge in [0.15, 0.2) is 0 Å². The smallest absolute Gasteiger partial charge is 0.273 e. The average Bonchev–Trinajstić information content (AvgIpc) is 2.78. The second-order valence-electron chi connectivity index (χ2n) is 6.68. The van der Waals surface area contributed by atoms with Gasteiger partial charge in [0.2, 0.25) is 0 Å². The van der Waals surface area contributed by atoms with Crippen molar-refractivity contribution in [2.24, 2.45) is 0 Å². The summed E-state index contributed by atoms with van der Waals surface area (Å²) in [5, 5.41) is 10.8. The quantitative estimate of drug-likeness (QED) is 0.482. The fraction of sp³-hybridized carbons (Fsp3) is 0.222. The Morgan fingerprint density at radius 2 is 1.60 bits per heavy atom. The number of non-ortho nitro benzene ring substituents is 1. The van der Waals surface area contributed by atoms with Crippen molar-refractivity contribution in [2.45, 2.75) is 26.3 Å². The van der Waals surface area contributed by atoms with Crippen LogP contribution in [0, 0.1) is 10.1 Å². The molecule has 2 aromatic carbocycles. The zero-order valence-corrected chi connectivity index (χ0v) is 14.0. The van der Waals surface area contributed by atoms with Gasteiger partial charge in [0.1, 0.15) is 11.5 Å². The molecule has 0 N–H and O–H groups in total. The molecule has 0 radical (unpaired) electrons. The molecule has 0 unspecified atom stereocenters. The molecule has 0 bridgehead atoms.